The van der Waals surface area contributed by atoms with Gasteiger partial charge >= 0.3 is 6.03 Å². The van der Waals surface area contributed by atoms with Crippen LogP contribution in [0.5, 0.6) is 5.75 Å². The summed E-state index contributed by atoms with van der Waals surface area (Å²) in [5, 5.41) is 3.11. The van der Waals surface area contributed by atoms with E-state index in [-0.39, 0.29) is 23.7 Å². The highest BCUT2D eigenvalue weighted by Crippen LogP contribution is 2.28. The summed E-state index contributed by atoms with van der Waals surface area (Å²) in [6.45, 7) is 2.53. The summed E-state index contributed by atoms with van der Waals surface area (Å²) >= 11 is 3.44. The Balaban J connectivity index is 1.48. The summed E-state index contributed by atoms with van der Waals surface area (Å²) in [5.74, 6) is 0.587. The smallest absolute Gasteiger partial charge is 0.317 e. The second-order valence-corrected chi connectivity index (χ2v) is 7.43. The van der Waals surface area contributed by atoms with Gasteiger partial charge in [0, 0.05) is 38.4 Å². The summed E-state index contributed by atoms with van der Waals surface area (Å²) in [5.41, 5.74) is -0.0929. The third-order valence-corrected chi connectivity index (χ3v) is 5.33. The fraction of sp³-hybridized carbons (Fsp3) is 0.647. The van der Waals surface area contributed by atoms with Crippen LogP contribution in [0.1, 0.15) is 25.7 Å². The Labute approximate surface area is 155 Å². The highest BCUT2D eigenvalue weighted by atomic mass is 79.9. The zero-order valence-electron chi connectivity index (χ0n) is 14.4. The van der Waals surface area contributed by atoms with Crippen molar-refractivity contribution in [2.45, 2.75) is 37.8 Å². The van der Waals surface area contributed by atoms with E-state index < -0.39 is 0 Å². The molecular formula is C17H24BrN3O4. The van der Waals surface area contributed by atoms with Crippen molar-refractivity contribution >= 4 is 22.0 Å². The predicted octanol–water partition coefficient (Wildman–Crippen LogP) is 1.88. The van der Waals surface area contributed by atoms with Crippen LogP contribution >= 0.6 is 15.9 Å². The standard InChI is InChI=1S/C17H24BrN3O4/c1-20-11-14(18)15(10-16(20)22)25-13-4-2-12(3-5-13)19-17(23)21-6-8-24-9-7-21/h10-13H,2-9H2,1H3,(H,19,23). The van der Waals surface area contributed by atoms with E-state index in [1.54, 1.807) is 13.2 Å². The lowest BCUT2D eigenvalue weighted by atomic mass is 9.93. The first-order chi connectivity index (χ1) is 12.0. The Hall–Kier alpha value is -1.54. The lowest BCUT2D eigenvalue weighted by Crippen LogP contribution is -2.50. The van der Waals surface area contributed by atoms with Crippen LogP contribution in [0.2, 0.25) is 0 Å². The van der Waals surface area contributed by atoms with E-state index >= 15 is 0 Å². The van der Waals surface area contributed by atoms with Gasteiger partial charge in [0.15, 0.2) is 0 Å². The molecule has 1 saturated carbocycles. The molecule has 1 aromatic rings. The van der Waals surface area contributed by atoms with Crippen molar-refractivity contribution in [1.82, 2.24) is 14.8 Å². The largest absolute Gasteiger partial charge is 0.489 e. The number of aromatic nitrogens is 1. The number of morpholine rings is 1. The van der Waals surface area contributed by atoms with Gasteiger partial charge in [-0.15, -0.1) is 0 Å². The molecule has 1 aliphatic heterocycles. The van der Waals surface area contributed by atoms with Gasteiger partial charge in [0.25, 0.3) is 5.56 Å². The number of hydrogen-bond donors (Lipinski definition) is 1. The number of nitrogens with zero attached hydrogens (tertiary/aromatic N) is 2. The molecule has 2 amide bonds. The maximum Gasteiger partial charge on any atom is 0.317 e. The molecule has 2 fully saturated rings. The van der Waals surface area contributed by atoms with Gasteiger partial charge in [-0.2, -0.15) is 0 Å². The Morgan fingerprint density at radius 3 is 2.64 bits per heavy atom. The van der Waals surface area contributed by atoms with Crippen LogP contribution in [0.15, 0.2) is 21.5 Å². The number of amides is 2. The van der Waals surface area contributed by atoms with E-state index in [4.69, 9.17) is 9.47 Å². The molecule has 0 unspecified atom stereocenters. The van der Waals surface area contributed by atoms with E-state index in [2.05, 4.69) is 21.2 Å². The number of urea groups is 1. The van der Waals surface area contributed by atoms with Gasteiger partial charge in [-0.05, 0) is 41.6 Å². The molecule has 0 aromatic carbocycles. The maximum absolute atomic E-state index is 12.2. The lowest BCUT2D eigenvalue weighted by molar-refractivity contribution is 0.0514. The third-order valence-electron chi connectivity index (χ3n) is 4.74. The molecular weight excluding hydrogens is 390 g/mol. The highest BCUT2D eigenvalue weighted by Gasteiger charge is 2.26. The van der Waals surface area contributed by atoms with Crippen molar-refractivity contribution in [3.8, 4) is 5.75 Å². The molecule has 1 aromatic heterocycles. The van der Waals surface area contributed by atoms with Gasteiger partial charge in [-0.25, -0.2) is 4.79 Å². The number of nitrogens with one attached hydrogen (secondary N) is 1. The lowest BCUT2D eigenvalue weighted by Gasteiger charge is -2.33. The number of aryl methyl sites for hydroxylation is 1. The van der Waals surface area contributed by atoms with Crippen LogP contribution in [-0.2, 0) is 11.8 Å². The minimum absolute atomic E-state index is 0.00182. The molecule has 8 heteroatoms. The number of pyridine rings is 1. The molecule has 138 valence electrons. The number of rotatable bonds is 3. The zero-order valence-corrected chi connectivity index (χ0v) is 16.0. The second kappa shape index (κ2) is 8.23. The van der Waals surface area contributed by atoms with Crippen LogP contribution in [-0.4, -0.2) is 53.9 Å². The van der Waals surface area contributed by atoms with Gasteiger partial charge in [-0.3, -0.25) is 4.79 Å². The quantitative estimate of drug-likeness (QED) is 0.820. The SMILES string of the molecule is Cn1cc(Br)c(OC2CCC(NC(=O)N3CCOCC3)CC2)cc1=O. The summed E-state index contributed by atoms with van der Waals surface area (Å²) in [7, 11) is 1.71. The molecule has 1 saturated heterocycles. The minimum atomic E-state index is -0.0929. The van der Waals surface area contributed by atoms with Crippen LogP contribution in [0, 0.1) is 0 Å². The highest BCUT2D eigenvalue weighted by molar-refractivity contribution is 9.10. The number of carbonyl (C=O) groups excluding carboxylic acids is 1. The molecule has 0 spiro atoms. The predicted molar refractivity (Wildman–Crippen MR) is 97.0 cm³/mol. The van der Waals surface area contributed by atoms with Crippen molar-refractivity contribution in [2.24, 2.45) is 7.05 Å². The van der Waals surface area contributed by atoms with Gasteiger partial charge in [-0.1, -0.05) is 0 Å². The molecule has 2 heterocycles. The molecule has 0 radical (unpaired) electrons. The first kappa shape index (κ1) is 18.3. The van der Waals surface area contributed by atoms with Crippen LogP contribution < -0.4 is 15.6 Å². The van der Waals surface area contributed by atoms with Gasteiger partial charge in [0.2, 0.25) is 0 Å². The van der Waals surface area contributed by atoms with Crippen LogP contribution in [0.3, 0.4) is 0 Å². The Morgan fingerprint density at radius 2 is 1.96 bits per heavy atom. The Morgan fingerprint density at radius 1 is 1.28 bits per heavy atom. The molecule has 3 rings (SSSR count). The minimum Gasteiger partial charge on any atom is -0.489 e. The summed E-state index contributed by atoms with van der Waals surface area (Å²) in [4.78, 5) is 25.8. The van der Waals surface area contributed by atoms with E-state index in [0.29, 0.717) is 32.1 Å². The molecule has 0 bridgehead atoms. The van der Waals surface area contributed by atoms with E-state index in [1.807, 2.05) is 4.90 Å². The third kappa shape index (κ3) is 4.76. The number of halogens is 1. The average molecular weight is 414 g/mol. The van der Waals surface area contributed by atoms with E-state index in [1.165, 1.54) is 10.6 Å². The molecule has 25 heavy (non-hydrogen) atoms. The van der Waals surface area contributed by atoms with Crippen molar-refractivity contribution < 1.29 is 14.3 Å². The van der Waals surface area contributed by atoms with Crippen molar-refractivity contribution in [3.05, 3.63) is 27.1 Å². The number of hydrogen-bond acceptors (Lipinski definition) is 4. The monoisotopic (exact) mass is 413 g/mol. The van der Waals surface area contributed by atoms with E-state index in [9.17, 15) is 9.59 Å². The molecule has 0 atom stereocenters. The number of ether oxygens (including phenoxy) is 2. The summed E-state index contributed by atoms with van der Waals surface area (Å²) in [6, 6.07) is 1.69. The Kier molecular flexibility index (Phi) is 6.01. The second-order valence-electron chi connectivity index (χ2n) is 6.58. The first-order valence-electron chi connectivity index (χ1n) is 8.69. The summed E-state index contributed by atoms with van der Waals surface area (Å²) < 4.78 is 13.5. The fourth-order valence-electron chi connectivity index (χ4n) is 3.21. The molecule has 1 N–H and O–H groups in total. The maximum atomic E-state index is 12.2. The van der Waals surface area contributed by atoms with Crippen molar-refractivity contribution in [1.29, 1.82) is 0 Å². The molecule has 2 aliphatic rings. The van der Waals surface area contributed by atoms with Crippen molar-refractivity contribution in [3.63, 3.8) is 0 Å². The average Bonchev–Trinajstić information content (AvgIpc) is 2.62. The Bertz CT molecular complexity index is 664. The zero-order chi connectivity index (χ0) is 17.8. The molecule has 1 aliphatic carbocycles. The normalized spacial score (nSPS) is 24.0. The molecule has 7 nitrogen and oxygen atoms in total. The topological polar surface area (TPSA) is 72.8 Å². The van der Waals surface area contributed by atoms with Gasteiger partial charge < -0.3 is 24.3 Å². The van der Waals surface area contributed by atoms with Crippen LogP contribution in [0.25, 0.3) is 0 Å². The first-order valence-corrected chi connectivity index (χ1v) is 9.48. The van der Waals surface area contributed by atoms with E-state index in [0.717, 1.165) is 30.2 Å². The summed E-state index contributed by atoms with van der Waals surface area (Å²) in [6.07, 6.45) is 5.25. The van der Waals surface area contributed by atoms with Crippen molar-refractivity contribution in [2.75, 3.05) is 26.3 Å². The fourth-order valence-corrected chi connectivity index (χ4v) is 3.72. The van der Waals surface area contributed by atoms with Gasteiger partial charge in [0.1, 0.15) is 5.75 Å². The van der Waals surface area contributed by atoms with Gasteiger partial charge in [0.05, 0.1) is 23.8 Å². The number of carbonyl (C=O) groups is 1. The van der Waals surface area contributed by atoms with Crippen LogP contribution in [0.4, 0.5) is 4.79 Å².